The smallest absolute Gasteiger partial charge is 0.241 e. The summed E-state index contributed by atoms with van der Waals surface area (Å²) in [5.41, 5.74) is 9.74. The summed E-state index contributed by atoms with van der Waals surface area (Å²) in [5, 5.41) is 17.1. The molecule has 0 spiro atoms. The molecule has 2 aromatic carbocycles. The van der Waals surface area contributed by atoms with E-state index < -0.39 is 0 Å². The molecule has 6 nitrogen and oxygen atoms in total. The maximum absolute atomic E-state index is 8.34. The van der Waals surface area contributed by atoms with Crippen molar-refractivity contribution < 1.29 is 4.74 Å². The molecule has 0 fully saturated rings. The van der Waals surface area contributed by atoms with Gasteiger partial charge >= 0.3 is 0 Å². The third kappa shape index (κ3) is 5.99. The van der Waals surface area contributed by atoms with Crippen LogP contribution in [0.5, 0.6) is 0 Å². The van der Waals surface area contributed by atoms with E-state index in [0.29, 0.717) is 34.4 Å². The second kappa shape index (κ2) is 10.3. The maximum atomic E-state index is 8.34. The van der Waals surface area contributed by atoms with Crippen LogP contribution in [0.15, 0.2) is 59.6 Å². The van der Waals surface area contributed by atoms with Gasteiger partial charge in [0.2, 0.25) is 11.8 Å². The average molecular weight is 434 g/mol. The quantitative estimate of drug-likeness (QED) is 0.281. The Morgan fingerprint density at radius 1 is 1.03 bits per heavy atom. The highest BCUT2D eigenvalue weighted by Gasteiger charge is 2.15. The lowest BCUT2D eigenvalue weighted by Gasteiger charge is -2.11. The monoisotopic (exact) mass is 433 g/mol. The molecule has 160 valence electrons. The number of nitrogens with two attached hydrogens (primary N) is 1. The fraction of sp³-hybridized carbons (Fsp3) is 0.250. The lowest BCUT2D eigenvalue weighted by molar-refractivity contribution is 0.534. The van der Waals surface area contributed by atoms with Gasteiger partial charge in [0, 0.05) is 21.3 Å². The fourth-order valence-corrected chi connectivity index (χ4v) is 3.82. The number of rotatable bonds is 7. The Morgan fingerprint density at radius 3 is 2.32 bits per heavy atom. The van der Waals surface area contributed by atoms with Crippen LogP contribution >= 0.6 is 11.8 Å². The van der Waals surface area contributed by atoms with Crippen molar-refractivity contribution in [2.24, 2.45) is 5.73 Å². The van der Waals surface area contributed by atoms with E-state index in [-0.39, 0.29) is 11.8 Å². The van der Waals surface area contributed by atoms with Crippen molar-refractivity contribution in [2.75, 3.05) is 6.54 Å². The molecule has 0 amide bonds. The Hall–Kier alpha value is -3.03. The lowest BCUT2D eigenvalue weighted by atomic mass is 10.1. The van der Waals surface area contributed by atoms with Gasteiger partial charge in [0.15, 0.2) is 0 Å². The van der Waals surface area contributed by atoms with Crippen molar-refractivity contribution in [1.82, 2.24) is 9.97 Å². The van der Waals surface area contributed by atoms with E-state index in [0.717, 1.165) is 17.5 Å². The minimum absolute atomic E-state index is 0.106. The first-order valence-electron chi connectivity index (χ1n) is 10.1. The summed E-state index contributed by atoms with van der Waals surface area (Å²) in [6.45, 7) is 6.67. The Kier molecular flexibility index (Phi) is 7.55. The van der Waals surface area contributed by atoms with Gasteiger partial charge in [-0.15, -0.1) is 11.8 Å². The van der Waals surface area contributed by atoms with Crippen LogP contribution in [0.25, 0.3) is 11.3 Å². The zero-order valence-corrected chi connectivity index (χ0v) is 18.8. The number of hydrogen-bond acceptors (Lipinski definition) is 7. The topological polar surface area (TPSA) is 109 Å². The normalized spacial score (nSPS) is 10.9. The summed E-state index contributed by atoms with van der Waals surface area (Å²) in [5.74, 6) is -0.305. The molecule has 0 radical (unpaired) electrons. The second-order valence-electron chi connectivity index (χ2n) is 7.38. The summed E-state index contributed by atoms with van der Waals surface area (Å²) >= 11 is 1.80. The number of aryl methyl sites for hydroxylation is 1. The Bertz CT molecular complexity index is 1060. The molecule has 0 aliphatic carbocycles. The summed E-state index contributed by atoms with van der Waals surface area (Å²) in [4.78, 5) is 10.2. The molecule has 0 aliphatic heterocycles. The first kappa shape index (κ1) is 22.7. The lowest BCUT2D eigenvalue weighted by Crippen LogP contribution is -2.16. The van der Waals surface area contributed by atoms with Crippen LogP contribution in [0.2, 0.25) is 0 Å². The molecule has 0 aliphatic rings. The van der Waals surface area contributed by atoms with E-state index in [1.54, 1.807) is 37.0 Å². The van der Waals surface area contributed by atoms with Gasteiger partial charge < -0.3 is 10.5 Å². The number of nitrogens with zero attached hydrogens (tertiary/aromatic N) is 2. The molecular weight excluding hydrogens is 406 g/mol. The van der Waals surface area contributed by atoms with E-state index >= 15 is 0 Å². The van der Waals surface area contributed by atoms with Gasteiger partial charge in [0.05, 0.1) is 17.6 Å². The summed E-state index contributed by atoms with van der Waals surface area (Å²) in [7, 11) is 0. The fourth-order valence-electron chi connectivity index (χ4n) is 2.98. The second-order valence-corrected chi connectivity index (χ2v) is 9.03. The number of ether oxygens (including phenoxy) is 1. The zero-order valence-electron chi connectivity index (χ0n) is 18.0. The molecule has 0 atom stereocenters. The number of nitrogens with one attached hydrogen (secondary N) is 2. The van der Waals surface area contributed by atoms with Gasteiger partial charge in [-0.25, -0.2) is 4.98 Å². The highest BCUT2D eigenvalue weighted by atomic mass is 32.2. The van der Waals surface area contributed by atoms with Gasteiger partial charge in [-0.2, -0.15) is 0 Å². The van der Waals surface area contributed by atoms with Crippen molar-refractivity contribution in [3.63, 3.8) is 0 Å². The predicted octanol–water partition coefficient (Wildman–Crippen LogP) is 4.82. The molecule has 1 heterocycles. The minimum atomic E-state index is -0.199. The summed E-state index contributed by atoms with van der Waals surface area (Å²) in [6, 6.07) is 15.6. The molecule has 0 unspecified atom stereocenters. The molecule has 3 rings (SSSR count). The molecule has 7 heteroatoms. The highest BCUT2D eigenvalue weighted by Crippen LogP contribution is 2.26. The first-order chi connectivity index (χ1) is 14.9. The van der Waals surface area contributed by atoms with Crippen molar-refractivity contribution >= 4 is 23.6 Å². The molecule has 0 saturated carbocycles. The van der Waals surface area contributed by atoms with E-state index in [2.05, 4.69) is 35.9 Å². The van der Waals surface area contributed by atoms with Crippen LogP contribution in [0.1, 0.15) is 36.4 Å². The predicted molar refractivity (Wildman–Crippen MR) is 127 cm³/mol. The van der Waals surface area contributed by atoms with Crippen LogP contribution in [0, 0.1) is 17.7 Å². The average Bonchev–Trinajstić information content (AvgIpc) is 2.75. The van der Waals surface area contributed by atoms with Crippen molar-refractivity contribution in [1.29, 1.82) is 10.8 Å². The Morgan fingerprint density at radius 2 is 1.71 bits per heavy atom. The van der Waals surface area contributed by atoms with Gasteiger partial charge in [0.1, 0.15) is 5.69 Å². The standard InChI is InChI=1S/C24H27N5OS/c1-15(2)31-20-10-8-18(9-11-20)21-14-28-16(3)22(29-21)24(27)30-23(26)19-6-4-17(5-7-19)12-13-25/h4-11,14-15,26-27H,12-13,25H2,1-3H3. The Balaban J connectivity index is 1.76. The maximum Gasteiger partial charge on any atom is 0.241 e. The summed E-state index contributed by atoms with van der Waals surface area (Å²) < 4.78 is 5.49. The molecule has 31 heavy (non-hydrogen) atoms. The van der Waals surface area contributed by atoms with Gasteiger partial charge in [-0.3, -0.25) is 15.8 Å². The number of thioether (sulfide) groups is 1. The van der Waals surface area contributed by atoms with E-state index in [1.165, 1.54) is 4.90 Å². The molecule has 0 bridgehead atoms. The molecule has 3 aromatic rings. The van der Waals surface area contributed by atoms with Crippen LogP contribution in [-0.2, 0) is 11.2 Å². The number of hydrogen-bond donors (Lipinski definition) is 3. The van der Waals surface area contributed by atoms with Gasteiger partial charge in [0.25, 0.3) is 0 Å². The number of benzene rings is 2. The molecular formula is C24H27N5OS. The minimum Gasteiger partial charge on any atom is -0.419 e. The molecule has 1 aromatic heterocycles. The van der Waals surface area contributed by atoms with Crippen molar-refractivity contribution in [3.8, 4) is 11.3 Å². The van der Waals surface area contributed by atoms with E-state index in [1.807, 2.05) is 24.3 Å². The molecule has 0 saturated heterocycles. The van der Waals surface area contributed by atoms with Crippen LogP contribution < -0.4 is 5.73 Å². The third-order valence-electron chi connectivity index (χ3n) is 4.55. The highest BCUT2D eigenvalue weighted by molar-refractivity contribution is 7.99. The summed E-state index contributed by atoms with van der Waals surface area (Å²) in [6.07, 6.45) is 2.47. The Labute approximate surface area is 187 Å². The SMILES string of the molecule is Cc1ncc(-c2ccc(SC(C)C)cc2)nc1C(=N)OC(=N)c1ccc(CCN)cc1. The van der Waals surface area contributed by atoms with Crippen LogP contribution in [-0.4, -0.2) is 33.6 Å². The third-order valence-corrected chi connectivity index (χ3v) is 5.56. The van der Waals surface area contributed by atoms with Gasteiger partial charge in [-0.1, -0.05) is 38.1 Å². The van der Waals surface area contributed by atoms with E-state index in [9.17, 15) is 0 Å². The largest absolute Gasteiger partial charge is 0.419 e. The van der Waals surface area contributed by atoms with E-state index in [4.69, 9.17) is 21.3 Å². The van der Waals surface area contributed by atoms with Crippen LogP contribution in [0.4, 0.5) is 0 Å². The first-order valence-corrected chi connectivity index (χ1v) is 11.0. The van der Waals surface area contributed by atoms with Crippen molar-refractivity contribution in [3.05, 3.63) is 77.2 Å². The molecule has 4 N–H and O–H groups in total. The number of aromatic nitrogens is 2. The van der Waals surface area contributed by atoms with Crippen molar-refractivity contribution in [2.45, 2.75) is 37.3 Å². The van der Waals surface area contributed by atoms with Gasteiger partial charge in [-0.05, 0) is 49.7 Å². The van der Waals surface area contributed by atoms with Crippen LogP contribution in [0.3, 0.4) is 0 Å². The zero-order chi connectivity index (χ0) is 22.4.